The molecule has 2 heterocycles. The number of ether oxygens (including phenoxy) is 1. The lowest BCUT2D eigenvalue weighted by molar-refractivity contribution is 0.104. The molecule has 9 heteroatoms. The average molecular weight is 566 g/mol. The molecule has 5 rings (SSSR count). The number of fused-ring (bicyclic) bond motifs is 1. The van der Waals surface area contributed by atoms with E-state index in [4.69, 9.17) is 8.92 Å². The first kappa shape index (κ1) is 27.2. The Kier molecular flexibility index (Phi) is 8.20. The second-order valence-corrected chi connectivity index (χ2v) is 12.5. The van der Waals surface area contributed by atoms with E-state index in [0.29, 0.717) is 23.1 Å². The molecule has 204 valence electrons. The Hall–Kier alpha value is -3.40. The first-order chi connectivity index (χ1) is 18.8. The van der Waals surface area contributed by atoms with Crippen molar-refractivity contribution in [2.75, 3.05) is 32.0 Å². The van der Waals surface area contributed by atoms with E-state index in [1.165, 1.54) is 37.5 Å². The van der Waals surface area contributed by atoms with E-state index in [0.717, 1.165) is 40.5 Å². The third kappa shape index (κ3) is 6.43. The number of hydrogen-bond acceptors (Lipinski definition) is 8. The lowest BCUT2D eigenvalue weighted by Crippen LogP contribution is -2.33. The molecule has 0 atom stereocenters. The topological polar surface area (TPSA) is 93.1 Å². The zero-order chi connectivity index (χ0) is 27.4. The van der Waals surface area contributed by atoms with Gasteiger partial charge in [-0.3, -0.25) is 9.69 Å². The van der Waals surface area contributed by atoms with Crippen molar-refractivity contribution in [3.05, 3.63) is 77.9 Å². The summed E-state index contributed by atoms with van der Waals surface area (Å²) in [6.07, 6.45) is 3.79. The first-order valence-electron chi connectivity index (χ1n) is 13.1. The van der Waals surface area contributed by atoms with Gasteiger partial charge in [0.15, 0.2) is 5.78 Å². The number of ketones is 1. The second-order valence-electron chi connectivity index (χ2n) is 9.54. The van der Waals surface area contributed by atoms with Crippen LogP contribution in [0.25, 0.3) is 20.5 Å². The molecule has 1 N–H and O–H groups in total. The van der Waals surface area contributed by atoms with Crippen LogP contribution >= 0.6 is 11.3 Å². The number of carbonyl (C=O) groups is 1. The molecule has 0 bridgehead atoms. The Bertz CT molecular complexity index is 1550. The number of hydrogen-bond donors (Lipinski definition) is 1. The number of phenols is 1. The largest absolute Gasteiger partial charge is 0.508 e. The normalized spacial score (nSPS) is 14.4. The Morgan fingerprint density at radius 2 is 1.64 bits per heavy atom. The van der Waals surface area contributed by atoms with E-state index in [-0.39, 0.29) is 23.0 Å². The zero-order valence-electron chi connectivity index (χ0n) is 21.8. The highest BCUT2D eigenvalue weighted by molar-refractivity contribution is 7.87. The van der Waals surface area contributed by atoms with Gasteiger partial charge in [-0.1, -0.05) is 6.42 Å². The van der Waals surface area contributed by atoms with Crippen LogP contribution in [0.4, 0.5) is 0 Å². The average Bonchev–Trinajstić information content (AvgIpc) is 3.32. The van der Waals surface area contributed by atoms with Gasteiger partial charge in [0.05, 0.1) is 5.75 Å². The van der Waals surface area contributed by atoms with Crippen molar-refractivity contribution in [2.24, 2.45) is 0 Å². The summed E-state index contributed by atoms with van der Waals surface area (Å²) in [6.45, 7) is 5.26. The molecular formula is C30H31NO6S2. The third-order valence-corrected chi connectivity index (χ3v) is 9.19. The molecule has 1 fully saturated rings. The Balaban J connectivity index is 1.42. The maximum absolute atomic E-state index is 13.9. The van der Waals surface area contributed by atoms with E-state index in [9.17, 15) is 18.3 Å². The summed E-state index contributed by atoms with van der Waals surface area (Å²) in [6, 6.07) is 18.8. The molecule has 0 spiro atoms. The summed E-state index contributed by atoms with van der Waals surface area (Å²) in [5.74, 6) is 0.753. The van der Waals surface area contributed by atoms with Crippen molar-refractivity contribution >= 4 is 37.3 Å². The van der Waals surface area contributed by atoms with Gasteiger partial charge in [-0.25, -0.2) is 0 Å². The number of likely N-dealkylation sites (tertiary alicyclic amines) is 1. The highest BCUT2D eigenvalue weighted by Crippen LogP contribution is 2.42. The van der Waals surface area contributed by atoms with Crippen LogP contribution in [-0.2, 0) is 10.1 Å². The highest BCUT2D eigenvalue weighted by atomic mass is 32.2. The van der Waals surface area contributed by atoms with Crippen molar-refractivity contribution in [1.29, 1.82) is 0 Å². The number of benzene rings is 3. The van der Waals surface area contributed by atoms with Crippen molar-refractivity contribution in [3.8, 4) is 27.7 Å². The van der Waals surface area contributed by atoms with Crippen LogP contribution in [-0.4, -0.2) is 56.2 Å². The molecular weight excluding hydrogens is 534 g/mol. The van der Waals surface area contributed by atoms with E-state index < -0.39 is 10.1 Å². The fraction of sp³-hybridized carbons (Fsp3) is 0.300. The predicted octanol–water partition coefficient (Wildman–Crippen LogP) is 6.10. The first-order valence-corrected chi connectivity index (χ1v) is 15.5. The summed E-state index contributed by atoms with van der Waals surface area (Å²) >= 11 is 1.37. The molecule has 0 aliphatic carbocycles. The van der Waals surface area contributed by atoms with Gasteiger partial charge in [-0.05, 0) is 105 Å². The van der Waals surface area contributed by atoms with Gasteiger partial charge in [0.1, 0.15) is 23.9 Å². The number of thiophene rings is 1. The summed E-state index contributed by atoms with van der Waals surface area (Å²) in [5.41, 5.74) is 1.81. The van der Waals surface area contributed by atoms with Gasteiger partial charge in [-0.15, -0.1) is 11.3 Å². The summed E-state index contributed by atoms with van der Waals surface area (Å²) in [7, 11) is -3.68. The minimum Gasteiger partial charge on any atom is -0.508 e. The second kappa shape index (κ2) is 11.8. The maximum Gasteiger partial charge on any atom is 0.308 e. The molecule has 1 aliphatic heterocycles. The van der Waals surface area contributed by atoms with Crippen LogP contribution in [0.5, 0.6) is 17.2 Å². The van der Waals surface area contributed by atoms with Crippen LogP contribution in [0.15, 0.2) is 66.7 Å². The van der Waals surface area contributed by atoms with E-state index in [1.807, 2.05) is 12.1 Å². The van der Waals surface area contributed by atoms with Gasteiger partial charge in [-0.2, -0.15) is 8.42 Å². The summed E-state index contributed by atoms with van der Waals surface area (Å²) < 4.78 is 35.8. The van der Waals surface area contributed by atoms with Crippen molar-refractivity contribution < 1.29 is 27.2 Å². The summed E-state index contributed by atoms with van der Waals surface area (Å²) in [4.78, 5) is 17.0. The monoisotopic (exact) mass is 565 g/mol. The number of piperidine rings is 1. The molecule has 4 aromatic rings. The number of phenolic OH excluding ortho intramolecular Hbond substituents is 1. The van der Waals surface area contributed by atoms with Gasteiger partial charge >= 0.3 is 10.1 Å². The quantitative estimate of drug-likeness (QED) is 0.184. The molecule has 0 radical (unpaired) electrons. The molecule has 1 aromatic heterocycles. The van der Waals surface area contributed by atoms with Gasteiger partial charge in [0.2, 0.25) is 0 Å². The molecule has 0 amide bonds. The Morgan fingerprint density at radius 3 is 2.33 bits per heavy atom. The SMILES string of the molecule is CCS(=O)(=O)Oc1ccc2c(C(=O)c3ccc(OCCN4CCCCC4)cc3)c(-c3ccc(O)cc3)sc2c1. The van der Waals surface area contributed by atoms with Crippen LogP contribution in [0.1, 0.15) is 42.1 Å². The van der Waals surface area contributed by atoms with Crippen molar-refractivity contribution in [3.63, 3.8) is 0 Å². The van der Waals surface area contributed by atoms with Gasteiger partial charge in [0.25, 0.3) is 0 Å². The maximum atomic E-state index is 13.9. The minimum absolute atomic E-state index is 0.129. The lowest BCUT2D eigenvalue weighted by atomic mass is 9.97. The molecule has 0 saturated carbocycles. The molecule has 1 saturated heterocycles. The van der Waals surface area contributed by atoms with E-state index >= 15 is 0 Å². The number of rotatable bonds is 10. The Morgan fingerprint density at radius 1 is 0.949 bits per heavy atom. The standard InChI is InChI=1S/C30H31NO6S2/c1-2-39(34,35)37-25-14-15-26-27(20-25)38-30(22-6-10-23(32)11-7-22)28(26)29(33)21-8-12-24(13-9-21)36-19-18-31-16-4-3-5-17-31/h6-15,20,32H,2-5,16-19H2,1H3. The van der Waals surface area contributed by atoms with Gasteiger partial charge < -0.3 is 14.0 Å². The summed E-state index contributed by atoms with van der Waals surface area (Å²) in [5, 5.41) is 10.5. The van der Waals surface area contributed by atoms with Crippen LogP contribution < -0.4 is 8.92 Å². The third-order valence-electron chi connectivity index (χ3n) is 6.84. The minimum atomic E-state index is -3.68. The predicted molar refractivity (Wildman–Crippen MR) is 155 cm³/mol. The highest BCUT2D eigenvalue weighted by Gasteiger charge is 2.23. The fourth-order valence-corrected chi connectivity index (χ4v) is 6.45. The Labute approximate surface area is 232 Å². The van der Waals surface area contributed by atoms with Crippen molar-refractivity contribution in [1.82, 2.24) is 4.90 Å². The number of nitrogens with zero attached hydrogens (tertiary/aromatic N) is 1. The zero-order valence-corrected chi connectivity index (χ0v) is 23.4. The molecule has 3 aromatic carbocycles. The van der Waals surface area contributed by atoms with Gasteiger partial charge in [0, 0.05) is 32.6 Å². The molecule has 7 nitrogen and oxygen atoms in total. The van der Waals surface area contributed by atoms with E-state index in [1.54, 1.807) is 54.6 Å². The fourth-order valence-electron chi connectivity index (χ4n) is 4.70. The smallest absolute Gasteiger partial charge is 0.308 e. The van der Waals surface area contributed by atoms with Crippen molar-refractivity contribution in [2.45, 2.75) is 26.2 Å². The van der Waals surface area contributed by atoms with Crippen LogP contribution in [0, 0.1) is 0 Å². The molecule has 1 aliphatic rings. The number of aromatic hydroxyl groups is 1. The molecule has 39 heavy (non-hydrogen) atoms. The van der Waals surface area contributed by atoms with E-state index in [2.05, 4.69) is 4.90 Å². The van der Waals surface area contributed by atoms with Crippen LogP contribution in [0.2, 0.25) is 0 Å². The number of carbonyl (C=O) groups excluding carboxylic acids is 1. The van der Waals surface area contributed by atoms with Crippen LogP contribution in [0.3, 0.4) is 0 Å². The molecule has 0 unspecified atom stereocenters. The lowest BCUT2D eigenvalue weighted by Gasteiger charge is -2.26.